The second-order valence-corrected chi connectivity index (χ2v) is 5.01. The van der Waals surface area contributed by atoms with Gasteiger partial charge in [-0.1, -0.05) is 15.9 Å². The SMILES string of the molecule is Cc1cc(Oc2ccc(F)c(N)c2C(=O)O)ccc1Br. The molecule has 0 aromatic heterocycles. The van der Waals surface area contributed by atoms with Gasteiger partial charge in [-0.25, -0.2) is 9.18 Å². The minimum Gasteiger partial charge on any atom is -0.477 e. The smallest absolute Gasteiger partial charge is 0.341 e. The second kappa shape index (κ2) is 5.50. The number of carboxylic acid groups (broad SMARTS) is 1. The van der Waals surface area contributed by atoms with Gasteiger partial charge in [-0.3, -0.25) is 0 Å². The van der Waals surface area contributed by atoms with Crippen molar-refractivity contribution in [3.05, 3.63) is 51.7 Å². The fourth-order valence-corrected chi connectivity index (χ4v) is 1.93. The van der Waals surface area contributed by atoms with Gasteiger partial charge in [0.2, 0.25) is 0 Å². The van der Waals surface area contributed by atoms with Crippen LogP contribution in [-0.4, -0.2) is 11.1 Å². The first-order chi connectivity index (χ1) is 9.40. The summed E-state index contributed by atoms with van der Waals surface area (Å²) in [5.74, 6) is -1.69. The third-order valence-corrected chi connectivity index (χ3v) is 3.61. The van der Waals surface area contributed by atoms with Crippen LogP contribution in [0.3, 0.4) is 0 Å². The summed E-state index contributed by atoms with van der Waals surface area (Å²) >= 11 is 3.35. The molecule has 2 aromatic carbocycles. The summed E-state index contributed by atoms with van der Waals surface area (Å²) in [4.78, 5) is 11.2. The summed E-state index contributed by atoms with van der Waals surface area (Å²) in [6, 6.07) is 7.49. The molecule has 20 heavy (non-hydrogen) atoms. The van der Waals surface area contributed by atoms with Crippen LogP contribution in [0.4, 0.5) is 10.1 Å². The molecule has 0 saturated heterocycles. The monoisotopic (exact) mass is 339 g/mol. The molecule has 6 heteroatoms. The molecule has 0 unspecified atom stereocenters. The number of benzene rings is 2. The molecule has 0 aliphatic rings. The van der Waals surface area contributed by atoms with E-state index in [4.69, 9.17) is 15.6 Å². The molecular formula is C14H11BrFNO3. The Kier molecular flexibility index (Phi) is 3.94. The third-order valence-electron chi connectivity index (χ3n) is 2.73. The van der Waals surface area contributed by atoms with E-state index in [0.29, 0.717) is 5.75 Å². The lowest BCUT2D eigenvalue weighted by molar-refractivity contribution is 0.0695. The van der Waals surface area contributed by atoms with Crippen LogP contribution in [-0.2, 0) is 0 Å². The Morgan fingerprint density at radius 2 is 2.05 bits per heavy atom. The first kappa shape index (κ1) is 14.3. The number of anilines is 1. The first-order valence-corrected chi connectivity index (χ1v) is 6.44. The highest BCUT2D eigenvalue weighted by molar-refractivity contribution is 9.10. The average Bonchev–Trinajstić information content (AvgIpc) is 2.38. The Balaban J connectivity index is 2.45. The molecule has 0 spiro atoms. The quantitative estimate of drug-likeness (QED) is 0.830. The van der Waals surface area contributed by atoms with E-state index >= 15 is 0 Å². The molecule has 104 valence electrons. The van der Waals surface area contributed by atoms with Crippen molar-refractivity contribution in [3.63, 3.8) is 0 Å². The lowest BCUT2D eigenvalue weighted by atomic mass is 10.1. The van der Waals surface area contributed by atoms with Crippen molar-refractivity contribution >= 4 is 27.6 Å². The molecule has 4 nitrogen and oxygen atoms in total. The number of rotatable bonds is 3. The van der Waals surface area contributed by atoms with E-state index in [9.17, 15) is 9.18 Å². The summed E-state index contributed by atoms with van der Waals surface area (Å²) in [5.41, 5.74) is 5.55. The van der Waals surface area contributed by atoms with Crippen molar-refractivity contribution in [1.29, 1.82) is 0 Å². The van der Waals surface area contributed by atoms with Gasteiger partial charge in [0, 0.05) is 4.47 Å². The highest BCUT2D eigenvalue weighted by Gasteiger charge is 2.19. The predicted octanol–water partition coefficient (Wildman–Crippen LogP) is 3.97. The largest absolute Gasteiger partial charge is 0.477 e. The van der Waals surface area contributed by atoms with Crippen LogP contribution in [0.25, 0.3) is 0 Å². The van der Waals surface area contributed by atoms with Gasteiger partial charge in [0.15, 0.2) is 0 Å². The van der Waals surface area contributed by atoms with Crippen LogP contribution in [0.1, 0.15) is 15.9 Å². The third kappa shape index (κ3) is 2.75. The second-order valence-electron chi connectivity index (χ2n) is 4.15. The van der Waals surface area contributed by atoms with Crippen molar-refractivity contribution in [2.75, 3.05) is 5.73 Å². The highest BCUT2D eigenvalue weighted by Crippen LogP contribution is 2.32. The molecule has 0 bridgehead atoms. The summed E-state index contributed by atoms with van der Waals surface area (Å²) in [5, 5.41) is 9.11. The maximum atomic E-state index is 13.3. The lowest BCUT2D eigenvalue weighted by Gasteiger charge is -2.12. The number of carbonyl (C=O) groups is 1. The van der Waals surface area contributed by atoms with Crippen molar-refractivity contribution < 1.29 is 19.0 Å². The number of nitrogens with two attached hydrogens (primary N) is 1. The van der Waals surface area contributed by atoms with Gasteiger partial charge in [0.05, 0.1) is 5.69 Å². The van der Waals surface area contributed by atoms with Crippen LogP contribution >= 0.6 is 15.9 Å². The van der Waals surface area contributed by atoms with Gasteiger partial charge >= 0.3 is 5.97 Å². The Morgan fingerprint density at radius 3 is 2.65 bits per heavy atom. The van der Waals surface area contributed by atoms with Crippen molar-refractivity contribution in [3.8, 4) is 11.5 Å². The molecule has 0 aliphatic heterocycles. The molecular weight excluding hydrogens is 329 g/mol. The number of aromatic carboxylic acids is 1. The molecule has 2 aromatic rings. The topological polar surface area (TPSA) is 72.5 Å². The fraction of sp³-hybridized carbons (Fsp3) is 0.0714. The lowest BCUT2D eigenvalue weighted by Crippen LogP contribution is -2.07. The maximum absolute atomic E-state index is 13.3. The number of carboxylic acids is 1. The van der Waals surface area contributed by atoms with Crippen LogP contribution < -0.4 is 10.5 Å². The van der Waals surface area contributed by atoms with Crippen LogP contribution in [0.15, 0.2) is 34.8 Å². The molecule has 0 heterocycles. The van der Waals surface area contributed by atoms with E-state index in [2.05, 4.69) is 15.9 Å². The van der Waals surface area contributed by atoms with Crippen molar-refractivity contribution in [1.82, 2.24) is 0 Å². The van der Waals surface area contributed by atoms with E-state index in [1.165, 1.54) is 6.07 Å². The summed E-state index contributed by atoms with van der Waals surface area (Å²) in [6.07, 6.45) is 0. The zero-order valence-electron chi connectivity index (χ0n) is 10.5. The number of nitrogen functional groups attached to an aromatic ring is 1. The number of hydrogen-bond donors (Lipinski definition) is 2. The molecule has 3 N–H and O–H groups in total. The van der Waals surface area contributed by atoms with Crippen molar-refractivity contribution in [2.45, 2.75) is 6.92 Å². The van der Waals surface area contributed by atoms with E-state index in [0.717, 1.165) is 16.1 Å². The Morgan fingerprint density at radius 1 is 1.35 bits per heavy atom. The van der Waals surface area contributed by atoms with Crippen LogP contribution in [0.5, 0.6) is 11.5 Å². The predicted molar refractivity (Wildman–Crippen MR) is 76.7 cm³/mol. The number of aryl methyl sites for hydroxylation is 1. The Hall–Kier alpha value is -2.08. The number of hydrogen-bond acceptors (Lipinski definition) is 3. The molecule has 0 aliphatic carbocycles. The molecule has 0 radical (unpaired) electrons. The van der Waals surface area contributed by atoms with E-state index in [1.54, 1.807) is 18.2 Å². The zero-order chi connectivity index (χ0) is 14.9. The first-order valence-electron chi connectivity index (χ1n) is 5.65. The molecule has 2 rings (SSSR count). The Labute approximate surface area is 123 Å². The highest BCUT2D eigenvalue weighted by atomic mass is 79.9. The minimum absolute atomic E-state index is 0.00174. The summed E-state index contributed by atoms with van der Waals surface area (Å²) < 4.78 is 19.7. The van der Waals surface area contributed by atoms with Crippen molar-refractivity contribution in [2.24, 2.45) is 0 Å². The van der Waals surface area contributed by atoms with Crippen LogP contribution in [0, 0.1) is 12.7 Å². The van der Waals surface area contributed by atoms with Gasteiger partial charge in [-0.2, -0.15) is 0 Å². The zero-order valence-corrected chi connectivity index (χ0v) is 12.1. The van der Waals surface area contributed by atoms with E-state index in [-0.39, 0.29) is 11.3 Å². The molecule has 0 fully saturated rings. The number of halogens is 2. The van der Waals surface area contributed by atoms with Gasteiger partial charge in [-0.15, -0.1) is 0 Å². The maximum Gasteiger partial charge on any atom is 0.341 e. The van der Waals surface area contributed by atoms with Gasteiger partial charge < -0.3 is 15.6 Å². The summed E-state index contributed by atoms with van der Waals surface area (Å²) in [7, 11) is 0. The van der Waals surface area contributed by atoms with Crippen LogP contribution in [0.2, 0.25) is 0 Å². The minimum atomic E-state index is -1.34. The summed E-state index contributed by atoms with van der Waals surface area (Å²) in [6.45, 7) is 1.87. The molecule has 0 saturated carbocycles. The standard InChI is InChI=1S/C14H11BrFNO3/c1-7-6-8(2-3-9(7)15)20-11-5-4-10(16)13(17)12(11)14(18)19/h2-6H,17H2,1H3,(H,18,19). The normalized spacial score (nSPS) is 10.3. The molecule has 0 amide bonds. The van der Waals surface area contributed by atoms with Gasteiger partial charge in [-0.05, 0) is 42.8 Å². The fourth-order valence-electron chi connectivity index (χ4n) is 1.69. The average molecular weight is 340 g/mol. The van der Waals surface area contributed by atoms with Gasteiger partial charge in [0.25, 0.3) is 0 Å². The molecule has 0 atom stereocenters. The van der Waals surface area contributed by atoms with E-state index in [1.807, 2.05) is 6.92 Å². The van der Waals surface area contributed by atoms with E-state index < -0.39 is 17.5 Å². The number of ether oxygens (including phenoxy) is 1. The Bertz CT molecular complexity index is 688. The van der Waals surface area contributed by atoms with Gasteiger partial charge in [0.1, 0.15) is 22.9 Å².